The highest BCUT2D eigenvalue weighted by molar-refractivity contribution is 7.92. The van der Waals surface area contributed by atoms with E-state index < -0.39 is 10.0 Å². The van der Waals surface area contributed by atoms with Crippen LogP contribution in [0.25, 0.3) is 10.7 Å². The number of aryl methyl sites for hydroxylation is 2. The Morgan fingerprint density at radius 2 is 1.94 bits per heavy atom. The van der Waals surface area contributed by atoms with Crippen LogP contribution in [0.4, 0.5) is 5.69 Å². The summed E-state index contributed by atoms with van der Waals surface area (Å²) in [5.41, 5.74) is 2.71. The number of aromatic nitrogens is 2. The summed E-state index contributed by atoms with van der Waals surface area (Å²) in [6, 6.07) is 6.87. The molecule has 1 fully saturated rings. The lowest BCUT2D eigenvalue weighted by molar-refractivity contribution is -0.132. The molecule has 0 atom stereocenters. The van der Waals surface area contributed by atoms with E-state index in [-0.39, 0.29) is 17.3 Å². The van der Waals surface area contributed by atoms with Crippen molar-refractivity contribution in [2.24, 2.45) is 0 Å². The Morgan fingerprint density at radius 1 is 1.18 bits per heavy atom. The van der Waals surface area contributed by atoms with Gasteiger partial charge in [-0.1, -0.05) is 6.07 Å². The van der Waals surface area contributed by atoms with E-state index in [1.165, 1.54) is 24.6 Å². The molecule has 33 heavy (non-hydrogen) atoms. The second-order valence-corrected chi connectivity index (χ2v) is 10.8. The van der Waals surface area contributed by atoms with Gasteiger partial charge in [0.2, 0.25) is 5.91 Å². The summed E-state index contributed by atoms with van der Waals surface area (Å²) in [6.07, 6.45) is 4.64. The van der Waals surface area contributed by atoms with Crippen LogP contribution < -0.4 is 9.46 Å². The number of ether oxygens (including phenoxy) is 1. The Balaban J connectivity index is 1.68. The Hall–Kier alpha value is -2.85. The molecule has 1 amide bonds. The minimum Gasteiger partial charge on any atom is -0.495 e. The summed E-state index contributed by atoms with van der Waals surface area (Å²) in [7, 11) is -2.43. The van der Waals surface area contributed by atoms with E-state index in [4.69, 9.17) is 4.74 Å². The van der Waals surface area contributed by atoms with E-state index >= 15 is 0 Å². The average Bonchev–Trinajstić information content (AvgIpc) is 3.41. The van der Waals surface area contributed by atoms with Crippen LogP contribution in [-0.2, 0) is 21.4 Å². The van der Waals surface area contributed by atoms with Gasteiger partial charge in [0.15, 0.2) is 0 Å². The van der Waals surface area contributed by atoms with Crippen molar-refractivity contribution in [3.63, 3.8) is 0 Å². The van der Waals surface area contributed by atoms with Gasteiger partial charge in [0.1, 0.15) is 22.2 Å². The number of piperidine rings is 1. The van der Waals surface area contributed by atoms with Crippen molar-refractivity contribution in [1.82, 2.24) is 14.5 Å². The van der Waals surface area contributed by atoms with Crippen molar-refractivity contribution < 1.29 is 17.9 Å². The van der Waals surface area contributed by atoms with Gasteiger partial charge < -0.3 is 14.2 Å². The van der Waals surface area contributed by atoms with Gasteiger partial charge in [-0.05, 0) is 56.9 Å². The number of hydrogen-bond donors (Lipinski definition) is 1. The van der Waals surface area contributed by atoms with Crippen LogP contribution in [0.3, 0.4) is 0 Å². The van der Waals surface area contributed by atoms with Gasteiger partial charge >= 0.3 is 0 Å². The first-order valence-electron chi connectivity index (χ1n) is 10.8. The van der Waals surface area contributed by atoms with Crippen molar-refractivity contribution in [2.75, 3.05) is 24.9 Å². The molecule has 2 aromatic heterocycles. The standard InChI is InChI=1S/C23H28N4O4S2/c1-16-7-8-21(31-3)19(11-16)25-33(29,30)18-12-20(23-24-17(2)15-32-23)27(13-18)14-22(28)26-9-5-4-6-10-26/h7-8,11-13,15,25H,4-6,9-10,14H2,1-3H3. The maximum absolute atomic E-state index is 13.3. The molecule has 0 radical (unpaired) electrons. The lowest BCUT2D eigenvalue weighted by Crippen LogP contribution is -2.37. The molecule has 0 spiro atoms. The van der Waals surface area contributed by atoms with Gasteiger partial charge in [0.25, 0.3) is 10.0 Å². The number of amides is 1. The lowest BCUT2D eigenvalue weighted by Gasteiger charge is -2.27. The zero-order valence-electron chi connectivity index (χ0n) is 19.0. The van der Waals surface area contributed by atoms with Crippen molar-refractivity contribution >= 4 is 33.0 Å². The first-order valence-corrected chi connectivity index (χ1v) is 13.2. The van der Waals surface area contributed by atoms with Crippen LogP contribution in [0.15, 0.2) is 40.7 Å². The molecule has 0 bridgehead atoms. The predicted octanol–water partition coefficient (Wildman–Crippen LogP) is 4.05. The van der Waals surface area contributed by atoms with E-state index in [1.807, 2.05) is 30.2 Å². The maximum atomic E-state index is 13.3. The van der Waals surface area contributed by atoms with Crippen molar-refractivity contribution in [2.45, 2.75) is 44.6 Å². The first-order chi connectivity index (χ1) is 15.8. The van der Waals surface area contributed by atoms with Gasteiger partial charge in [-0.25, -0.2) is 13.4 Å². The SMILES string of the molecule is COc1ccc(C)cc1NS(=O)(=O)c1cc(-c2nc(C)cs2)n(CC(=O)N2CCCCC2)c1. The fourth-order valence-corrected chi connectivity index (χ4v) is 5.83. The number of rotatable bonds is 7. The van der Waals surface area contributed by atoms with Crippen molar-refractivity contribution in [3.05, 3.63) is 47.1 Å². The Kier molecular flexibility index (Phi) is 6.76. The Labute approximate surface area is 198 Å². The second-order valence-electron chi connectivity index (χ2n) is 8.23. The fraction of sp³-hybridized carbons (Fsp3) is 0.391. The van der Waals surface area contributed by atoms with Crippen molar-refractivity contribution in [3.8, 4) is 16.5 Å². The molecule has 1 aromatic carbocycles. The van der Waals surface area contributed by atoms with Crippen molar-refractivity contribution in [1.29, 1.82) is 0 Å². The third kappa shape index (κ3) is 5.22. The molecule has 176 valence electrons. The molecule has 1 N–H and O–H groups in total. The quantitative estimate of drug-likeness (QED) is 0.542. The summed E-state index contributed by atoms with van der Waals surface area (Å²) in [5.74, 6) is 0.414. The molecule has 1 aliphatic rings. The molecule has 1 saturated heterocycles. The monoisotopic (exact) mass is 488 g/mol. The number of thiazole rings is 1. The highest BCUT2D eigenvalue weighted by Crippen LogP contribution is 2.31. The number of methoxy groups -OCH3 is 1. The number of likely N-dealkylation sites (tertiary alicyclic amines) is 1. The van der Waals surface area contributed by atoms with Crippen LogP contribution in [0.2, 0.25) is 0 Å². The predicted molar refractivity (Wildman–Crippen MR) is 129 cm³/mol. The summed E-state index contributed by atoms with van der Waals surface area (Å²) in [6.45, 7) is 5.31. The molecule has 1 aliphatic heterocycles. The third-order valence-corrected chi connectivity index (χ3v) is 7.95. The molecular formula is C23H28N4O4S2. The smallest absolute Gasteiger partial charge is 0.263 e. The minimum absolute atomic E-state index is 0.0166. The second kappa shape index (κ2) is 9.56. The van der Waals surface area contributed by atoms with E-state index in [0.29, 0.717) is 22.1 Å². The highest BCUT2D eigenvalue weighted by Gasteiger charge is 2.24. The number of sulfonamides is 1. The zero-order chi connectivity index (χ0) is 23.6. The Morgan fingerprint density at radius 3 is 2.61 bits per heavy atom. The topological polar surface area (TPSA) is 93.5 Å². The van der Waals surface area contributed by atoms with Crippen LogP contribution in [-0.4, -0.2) is 49.0 Å². The Bertz CT molecular complexity index is 1260. The number of carbonyl (C=O) groups is 1. The molecule has 0 saturated carbocycles. The minimum atomic E-state index is -3.93. The number of hydrogen-bond acceptors (Lipinski definition) is 6. The van der Waals surface area contributed by atoms with Gasteiger partial charge in [0.05, 0.1) is 18.5 Å². The third-order valence-electron chi connectivity index (χ3n) is 5.63. The number of carbonyl (C=O) groups excluding carboxylic acids is 1. The summed E-state index contributed by atoms with van der Waals surface area (Å²) < 4.78 is 36.2. The fourth-order valence-electron chi connectivity index (χ4n) is 3.91. The lowest BCUT2D eigenvalue weighted by atomic mass is 10.1. The number of nitrogens with one attached hydrogen (secondary N) is 1. The molecule has 10 heteroatoms. The summed E-state index contributed by atoms with van der Waals surface area (Å²) >= 11 is 1.42. The largest absolute Gasteiger partial charge is 0.495 e. The van der Waals surface area contributed by atoms with Gasteiger partial charge in [-0.15, -0.1) is 11.3 Å². The summed E-state index contributed by atoms with van der Waals surface area (Å²) in [4.78, 5) is 19.4. The van der Waals surface area contributed by atoms with Crippen LogP contribution in [0.1, 0.15) is 30.5 Å². The molecule has 3 aromatic rings. The van der Waals surface area contributed by atoms with E-state index in [2.05, 4.69) is 9.71 Å². The van der Waals surface area contributed by atoms with E-state index in [0.717, 1.165) is 43.6 Å². The zero-order valence-corrected chi connectivity index (χ0v) is 20.6. The number of nitrogens with zero attached hydrogens (tertiary/aromatic N) is 3. The van der Waals surface area contributed by atoms with E-state index in [1.54, 1.807) is 22.8 Å². The number of anilines is 1. The van der Waals surface area contributed by atoms with E-state index in [9.17, 15) is 13.2 Å². The molecular weight excluding hydrogens is 460 g/mol. The molecule has 0 unspecified atom stereocenters. The molecule has 4 rings (SSSR count). The van der Waals surface area contributed by atoms with Crippen LogP contribution >= 0.6 is 11.3 Å². The van der Waals surface area contributed by atoms with Crippen LogP contribution in [0, 0.1) is 13.8 Å². The van der Waals surface area contributed by atoms with Gasteiger partial charge in [0, 0.05) is 30.4 Å². The van der Waals surface area contributed by atoms with Gasteiger partial charge in [-0.2, -0.15) is 0 Å². The first kappa shape index (κ1) is 23.3. The number of benzene rings is 1. The average molecular weight is 489 g/mol. The molecule has 0 aliphatic carbocycles. The normalized spacial score (nSPS) is 14.3. The summed E-state index contributed by atoms with van der Waals surface area (Å²) in [5, 5.41) is 2.58. The molecule has 8 nitrogen and oxygen atoms in total. The maximum Gasteiger partial charge on any atom is 0.263 e. The van der Waals surface area contributed by atoms with Gasteiger partial charge in [-0.3, -0.25) is 9.52 Å². The molecule has 3 heterocycles. The highest BCUT2D eigenvalue weighted by atomic mass is 32.2. The van der Waals surface area contributed by atoms with Crippen LogP contribution in [0.5, 0.6) is 5.75 Å².